The van der Waals surface area contributed by atoms with Crippen LogP contribution in [0.4, 0.5) is 0 Å². The zero-order valence-corrected chi connectivity index (χ0v) is 23.2. The minimum atomic E-state index is -0.232. The Hall–Kier alpha value is -3.58. The highest BCUT2D eigenvalue weighted by atomic mass is 16.5. The molecule has 1 aliphatic carbocycles. The van der Waals surface area contributed by atoms with Gasteiger partial charge in [0, 0.05) is 25.6 Å². The van der Waals surface area contributed by atoms with Gasteiger partial charge in [0.05, 0.1) is 6.04 Å². The van der Waals surface area contributed by atoms with Crippen LogP contribution in [0.1, 0.15) is 70.3 Å². The monoisotopic (exact) mass is 529 g/mol. The number of carbonyl (C=O) groups is 2. The first-order chi connectivity index (χ1) is 18.9. The van der Waals surface area contributed by atoms with Crippen molar-refractivity contribution in [3.8, 4) is 5.75 Å². The van der Waals surface area contributed by atoms with E-state index in [1.54, 1.807) is 12.1 Å². The first-order valence-electron chi connectivity index (χ1n) is 14.0. The van der Waals surface area contributed by atoms with E-state index in [1.165, 1.54) is 11.1 Å². The standard InChI is InChI=1S/C32H39N3O4/c1-22-8-10-24(11-9-22)30-28-20-26(13-12-23(28)16-18-35(30)32(37)25-6-4-5-7-25)38-21-27-14-15-29(39-27)31(36)33-17-19-34(2)3/h8-15,20,25,30H,4-7,16-19,21H2,1-3H3,(H,33,36). The van der Waals surface area contributed by atoms with Crippen LogP contribution in [0.3, 0.4) is 0 Å². The summed E-state index contributed by atoms with van der Waals surface area (Å²) in [5, 5.41) is 2.86. The Kier molecular flexibility index (Phi) is 8.36. The van der Waals surface area contributed by atoms with Crippen LogP contribution >= 0.6 is 0 Å². The summed E-state index contributed by atoms with van der Waals surface area (Å²) in [6.45, 7) is 4.33. The van der Waals surface area contributed by atoms with E-state index in [1.807, 2.05) is 25.1 Å². The fraction of sp³-hybridized carbons (Fsp3) is 0.438. The van der Waals surface area contributed by atoms with E-state index in [2.05, 4.69) is 53.5 Å². The molecule has 2 aromatic carbocycles. The molecule has 7 nitrogen and oxygen atoms in total. The molecule has 2 amide bonds. The first-order valence-corrected chi connectivity index (χ1v) is 14.0. The molecule has 206 valence electrons. The largest absolute Gasteiger partial charge is 0.486 e. The number of aryl methyl sites for hydroxylation is 1. The molecule has 0 bridgehead atoms. The third-order valence-electron chi connectivity index (χ3n) is 7.84. The summed E-state index contributed by atoms with van der Waals surface area (Å²) in [7, 11) is 3.92. The molecule has 0 spiro atoms. The van der Waals surface area contributed by atoms with Crippen molar-refractivity contribution < 1.29 is 18.7 Å². The fourth-order valence-corrected chi connectivity index (χ4v) is 5.65. The van der Waals surface area contributed by atoms with Gasteiger partial charge >= 0.3 is 0 Å². The van der Waals surface area contributed by atoms with Crippen LogP contribution in [0, 0.1) is 12.8 Å². The molecular weight excluding hydrogens is 490 g/mol. The molecule has 1 saturated carbocycles. The van der Waals surface area contributed by atoms with Gasteiger partial charge in [-0.15, -0.1) is 0 Å². The average molecular weight is 530 g/mol. The highest BCUT2D eigenvalue weighted by Crippen LogP contribution is 2.40. The number of amides is 2. The smallest absolute Gasteiger partial charge is 0.287 e. The van der Waals surface area contributed by atoms with Crippen molar-refractivity contribution >= 4 is 11.8 Å². The highest BCUT2D eigenvalue weighted by Gasteiger charge is 2.36. The Morgan fingerprint density at radius 1 is 1.05 bits per heavy atom. The average Bonchev–Trinajstić information content (AvgIpc) is 3.64. The van der Waals surface area contributed by atoms with Gasteiger partial charge in [-0.3, -0.25) is 9.59 Å². The summed E-state index contributed by atoms with van der Waals surface area (Å²) in [5.74, 6) is 1.75. The van der Waals surface area contributed by atoms with Crippen LogP contribution in [-0.4, -0.2) is 55.3 Å². The molecule has 39 heavy (non-hydrogen) atoms. The van der Waals surface area contributed by atoms with Crippen molar-refractivity contribution in [2.24, 2.45) is 5.92 Å². The van der Waals surface area contributed by atoms with Gasteiger partial charge < -0.3 is 24.3 Å². The number of hydrogen-bond donors (Lipinski definition) is 1. The lowest BCUT2D eigenvalue weighted by atomic mass is 9.86. The number of nitrogens with one attached hydrogen (secondary N) is 1. The van der Waals surface area contributed by atoms with E-state index < -0.39 is 0 Å². The molecule has 1 aromatic heterocycles. The Labute approximate surface area is 231 Å². The molecule has 1 unspecified atom stereocenters. The van der Waals surface area contributed by atoms with E-state index in [9.17, 15) is 9.59 Å². The van der Waals surface area contributed by atoms with Gasteiger partial charge in [-0.05, 0) is 81.2 Å². The number of benzene rings is 2. The maximum Gasteiger partial charge on any atom is 0.287 e. The minimum absolute atomic E-state index is 0.132. The lowest BCUT2D eigenvalue weighted by Gasteiger charge is -2.39. The summed E-state index contributed by atoms with van der Waals surface area (Å²) in [5.41, 5.74) is 4.69. The molecule has 1 atom stereocenters. The van der Waals surface area contributed by atoms with Crippen molar-refractivity contribution in [2.75, 3.05) is 33.7 Å². The van der Waals surface area contributed by atoms with Gasteiger partial charge in [-0.25, -0.2) is 0 Å². The van der Waals surface area contributed by atoms with Crippen LogP contribution in [0.25, 0.3) is 0 Å². The second kappa shape index (κ2) is 12.1. The Bertz CT molecular complexity index is 1290. The predicted molar refractivity (Wildman–Crippen MR) is 151 cm³/mol. The van der Waals surface area contributed by atoms with Crippen molar-refractivity contribution in [3.63, 3.8) is 0 Å². The number of rotatable bonds is 9. The maximum atomic E-state index is 13.7. The predicted octanol–water partition coefficient (Wildman–Crippen LogP) is 5.12. The summed E-state index contributed by atoms with van der Waals surface area (Å²) in [4.78, 5) is 30.1. The lowest BCUT2D eigenvalue weighted by molar-refractivity contribution is -0.137. The zero-order valence-electron chi connectivity index (χ0n) is 23.2. The Morgan fingerprint density at radius 3 is 2.56 bits per heavy atom. The number of nitrogens with zero attached hydrogens (tertiary/aromatic N) is 2. The quantitative estimate of drug-likeness (QED) is 0.416. The molecule has 2 heterocycles. The molecular formula is C32H39N3O4. The van der Waals surface area contributed by atoms with Crippen LogP contribution in [-0.2, 0) is 17.8 Å². The SMILES string of the molecule is Cc1ccc(C2c3cc(OCc4ccc(C(=O)NCCN(C)C)o4)ccc3CCN2C(=O)C2CCCC2)cc1. The van der Waals surface area contributed by atoms with Crippen molar-refractivity contribution in [1.29, 1.82) is 0 Å². The second-order valence-electron chi connectivity index (χ2n) is 11.1. The molecule has 0 saturated heterocycles. The van der Waals surface area contributed by atoms with Gasteiger partial charge in [0.1, 0.15) is 18.1 Å². The van der Waals surface area contributed by atoms with Crippen LogP contribution in [0.2, 0.25) is 0 Å². The normalized spacial score (nSPS) is 17.3. The van der Waals surface area contributed by atoms with Crippen LogP contribution in [0.5, 0.6) is 5.75 Å². The first kappa shape index (κ1) is 27.0. The number of furan rings is 1. The number of ether oxygens (including phenoxy) is 1. The van der Waals surface area contributed by atoms with E-state index in [0.717, 1.165) is 62.1 Å². The van der Waals surface area contributed by atoms with Gasteiger partial charge in [-0.1, -0.05) is 48.7 Å². The van der Waals surface area contributed by atoms with Gasteiger partial charge in [0.25, 0.3) is 5.91 Å². The molecule has 3 aromatic rings. The number of carbonyl (C=O) groups excluding carboxylic acids is 2. The lowest BCUT2D eigenvalue weighted by Crippen LogP contribution is -2.43. The van der Waals surface area contributed by atoms with Gasteiger partial charge in [0.2, 0.25) is 5.91 Å². The Balaban J connectivity index is 1.33. The summed E-state index contributed by atoms with van der Waals surface area (Å²) in [6.07, 6.45) is 5.09. The minimum Gasteiger partial charge on any atom is -0.486 e. The molecule has 1 aliphatic heterocycles. The van der Waals surface area contributed by atoms with Crippen molar-refractivity contribution in [2.45, 2.75) is 51.7 Å². The molecule has 7 heteroatoms. The second-order valence-corrected chi connectivity index (χ2v) is 11.1. The number of fused-ring (bicyclic) bond motifs is 1. The Morgan fingerprint density at radius 2 is 1.82 bits per heavy atom. The topological polar surface area (TPSA) is 75.0 Å². The van der Waals surface area contributed by atoms with E-state index in [-0.39, 0.29) is 36.1 Å². The third-order valence-corrected chi connectivity index (χ3v) is 7.84. The maximum absolute atomic E-state index is 13.7. The zero-order chi connectivity index (χ0) is 27.4. The molecule has 1 N–H and O–H groups in total. The van der Waals surface area contributed by atoms with Gasteiger partial charge in [-0.2, -0.15) is 0 Å². The van der Waals surface area contributed by atoms with Crippen LogP contribution < -0.4 is 10.1 Å². The third kappa shape index (κ3) is 6.36. The number of likely N-dealkylation sites (N-methyl/N-ethyl adjacent to an activating group) is 1. The summed E-state index contributed by atoms with van der Waals surface area (Å²) in [6, 6.07) is 18.0. The van der Waals surface area contributed by atoms with Crippen molar-refractivity contribution in [1.82, 2.24) is 15.1 Å². The summed E-state index contributed by atoms with van der Waals surface area (Å²) < 4.78 is 11.9. The summed E-state index contributed by atoms with van der Waals surface area (Å²) >= 11 is 0. The van der Waals surface area contributed by atoms with E-state index in [0.29, 0.717) is 12.3 Å². The van der Waals surface area contributed by atoms with Crippen LogP contribution in [0.15, 0.2) is 59.0 Å². The van der Waals surface area contributed by atoms with E-state index >= 15 is 0 Å². The molecule has 2 aliphatic rings. The molecule has 1 fully saturated rings. The highest BCUT2D eigenvalue weighted by molar-refractivity contribution is 5.91. The molecule has 0 radical (unpaired) electrons. The van der Waals surface area contributed by atoms with E-state index in [4.69, 9.17) is 9.15 Å². The van der Waals surface area contributed by atoms with Gasteiger partial charge in [0.15, 0.2) is 5.76 Å². The fourth-order valence-electron chi connectivity index (χ4n) is 5.65. The number of hydrogen-bond acceptors (Lipinski definition) is 5. The molecule has 5 rings (SSSR count). The van der Waals surface area contributed by atoms with Crippen molar-refractivity contribution in [3.05, 3.63) is 88.4 Å².